The van der Waals surface area contributed by atoms with E-state index in [1.807, 2.05) is 11.2 Å². The lowest BCUT2D eigenvalue weighted by Gasteiger charge is -2.33. The lowest BCUT2D eigenvalue weighted by Crippen LogP contribution is -2.48. The summed E-state index contributed by atoms with van der Waals surface area (Å²) in [5, 5.41) is 9.10. The molecule has 3 N–H and O–H groups in total. The van der Waals surface area contributed by atoms with E-state index in [2.05, 4.69) is 0 Å². The Morgan fingerprint density at radius 2 is 2.44 bits per heavy atom. The van der Waals surface area contributed by atoms with Crippen molar-refractivity contribution in [1.29, 1.82) is 0 Å². The minimum Gasteiger partial charge on any atom is -0.396 e. The SMILES string of the molecule is CSCC[C@H](N)C(=O)N1CCCC(CO)C1. The number of aliphatic hydroxyl groups excluding tert-OH is 1. The molecule has 0 saturated carbocycles. The van der Waals surface area contributed by atoms with Crippen molar-refractivity contribution in [3.63, 3.8) is 0 Å². The van der Waals surface area contributed by atoms with Crippen LogP contribution in [0.4, 0.5) is 0 Å². The lowest BCUT2D eigenvalue weighted by molar-refractivity contribution is -0.134. The minimum atomic E-state index is -0.370. The van der Waals surface area contributed by atoms with Crippen LogP contribution in [0.25, 0.3) is 0 Å². The number of aliphatic hydroxyl groups is 1. The van der Waals surface area contributed by atoms with Gasteiger partial charge in [-0.2, -0.15) is 11.8 Å². The molecule has 1 rings (SSSR count). The average molecular weight is 246 g/mol. The standard InChI is InChI=1S/C11H22N2O2S/c1-16-6-4-10(12)11(15)13-5-2-3-9(7-13)8-14/h9-10,14H,2-8,12H2,1H3/t9?,10-/m0/s1. The molecule has 1 fully saturated rings. The maximum Gasteiger partial charge on any atom is 0.239 e. The molecule has 0 aliphatic carbocycles. The minimum absolute atomic E-state index is 0.0483. The van der Waals surface area contributed by atoms with Crippen molar-refractivity contribution in [3.05, 3.63) is 0 Å². The summed E-state index contributed by atoms with van der Waals surface area (Å²) in [6.07, 6.45) is 4.74. The summed E-state index contributed by atoms with van der Waals surface area (Å²) >= 11 is 1.71. The van der Waals surface area contributed by atoms with E-state index >= 15 is 0 Å². The van der Waals surface area contributed by atoms with Crippen LogP contribution in [0.1, 0.15) is 19.3 Å². The van der Waals surface area contributed by atoms with Crippen molar-refractivity contribution < 1.29 is 9.90 Å². The second kappa shape index (κ2) is 7.14. The maximum absolute atomic E-state index is 12.0. The van der Waals surface area contributed by atoms with E-state index in [9.17, 15) is 4.79 Å². The molecule has 1 saturated heterocycles. The number of amides is 1. The van der Waals surface area contributed by atoms with Gasteiger partial charge in [-0.25, -0.2) is 0 Å². The number of piperidine rings is 1. The second-order valence-corrected chi connectivity index (χ2v) is 5.35. The van der Waals surface area contributed by atoms with Crippen molar-refractivity contribution in [2.45, 2.75) is 25.3 Å². The Bertz CT molecular complexity index is 226. The van der Waals surface area contributed by atoms with E-state index in [0.717, 1.165) is 31.6 Å². The number of likely N-dealkylation sites (tertiary alicyclic amines) is 1. The van der Waals surface area contributed by atoms with Gasteiger partial charge >= 0.3 is 0 Å². The number of nitrogens with two attached hydrogens (primary N) is 1. The summed E-state index contributed by atoms with van der Waals surface area (Å²) in [6.45, 7) is 1.63. The Morgan fingerprint density at radius 3 is 3.06 bits per heavy atom. The van der Waals surface area contributed by atoms with Gasteiger partial charge in [0, 0.05) is 19.7 Å². The smallest absolute Gasteiger partial charge is 0.239 e. The molecule has 4 nitrogen and oxygen atoms in total. The Balaban J connectivity index is 2.40. The van der Waals surface area contributed by atoms with Crippen LogP contribution in [-0.2, 0) is 4.79 Å². The van der Waals surface area contributed by atoms with Crippen LogP contribution in [-0.4, -0.2) is 53.7 Å². The van der Waals surface area contributed by atoms with Crippen LogP contribution < -0.4 is 5.73 Å². The van der Waals surface area contributed by atoms with Crippen LogP contribution in [0.15, 0.2) is 0 Å². The second-order valence-electron chi connectivity index (χ2n) is 4.36. The molecular formula is C11H22N2O2S. The van der Waals surface area contributed by atoms with Gasteiger partial charge in [0.2, 0.25) is 5.91 Å². The van der Waals surface area contributed by atoms with E-state index in [0.29, 0.717) is 6.54 Å². The summed E-state index contributed by atoms with van der Waals surface area (Å²) in [4.78, 5) is 13.8. The molecular weight excluding hydrogens is 224 g/mol. The number of thioether (sulfide) groups is 1. The van der Waals surface area contributed by atoms with E-state index < -0.39 is 0 Å². The van der Waals surface area contributed by atoms with Crippen LogP contribution in [0.2, 0.25) is 0 Å². The van der Waals surface area contributed by atoms with Crippen LogP contribution in [0.3, 0.4) is 0 Å². The van der Waals surface area contributed by atoms with Gasteiger partial charge in [0.25, 0.3) is 0 Å². The number of hydrogen-bond acceptors (Lipinski definition) is 4. The van der Waals surface area contributed by atoms with Crippen molar-refractivity contribution in [2.24, 2.45) is 11.7 Å². The van der Waals surface area contributed by atoms with Crippen molar-refractivity contribution in [1.82, 2.24) is 4.90 Å². The van der Waals surface area contributed by atoms with Crippen LogP contribution >= 0.6 is 11.8 Å². The average Bonchev–Trinajstić information content (AvgIpc) is 2.35. The Labute approximate surface area is 102 Å². The van der Waals surface area contributed by atoms with Gasteiger partial charge in [0.15, 0.2) is 0 Å². The van der Waals surface area contributed by atoms with Gasteiger partial charge in [-0.1, -0.05) is 0 Å². The van der Waals surface area contributed by atoms with Crippen molar-refractivity contribution >= 4 is 17.7 Å². The molecule has 1 unspecified atom stereocenters. The number of carbonyl (C=O) groups is 1. The first-order chi connectivity index (χ1) is 7.69. The summed E-state index contributed by atoms with van der Waals surface area (Å²) in [7, 11) is 0. The molecule has 1 aliphatic rings. The quantitative estimate of drug-likeness (QED) is 0.732. The molecule has 94 valence electrons. The summed E-state index contributed by atoms with van der Waals surface area (Å²) in [5.74, 6) is 1.21. The number of hydrogen-bond donors (Lipinski definition) is 2. The highest BCUT2D eigenvalue weighted by Crippen LogP contribution is 2.16. The third kappa shape index (κ3) is 3.96. The molecule has 1 heterocycles. The van der Waals surface area contributed by atoms with Gasteiger partial charge in [0.1, 0.15) is 0 Å². The molecule has 16 heavy (non-hydrogen) atoms. The fourth-order valence-electron chi connectivity index (χ4n) is 2.02. The van der Waals surface area contributed by atoms with E-state index in [4.69, 9.17) is 10.8 Å². The molecule has 0 aromatic rings. The largest absolute Gasteiger partial charge is 0.396 e. The zero-order chi connectivity index (χ0) is 12.0. The first kappa shape index (κ1) is 13.8. The highest BCUT2D eigenvalue weighted by Gasteiger charge is 2.26. The van der Waals surface area contributed by atoms with E-state index in [1.54, 1.807) is 11.8 Å². The zero-order valence-electron chi connectivity index (χ0n) is 9.89. The topological polar surface area (TPSA) is 66.6 Å². The van der Waals surface area contributed by atoms with Crippen molar-refractivity contribution in [2.75, 3.05) is 31.7 Å². The lowest BCUT2D eigenvalue weighted by atomic mass is 9.98. The first-order valence-electron chi connectivity index (χ1n) is 5.83. The third-order valence-corrected chi connectivity index (χ3v) is 3.68. The van der Waals surface area contributed by atoms with Gasteiger partial charge in [-0.15, -0.1) is 0 Å². The highest BCUT2D eigenvalue weighted by atomic mass is 32.2. The number of carbonyl (C=O) groups excluding carboxylic acids is 1. The fourth-order valence-corrected chi connectivity index (χ4v) is 2.51. The van der Waals surface area contributed by atoms with Gasteiger partial charge in [-0.05, 0) is 37.2 Å². The summed E-state index contributed by atoms with van der Waals surface area (Å²) < 4.78 is 0. The fraction of sp³-hybridized carbons (Fsp3) is 0.909. The first-order valence-corrected chi connectivity index (χ1v) is 7.22. The van der Waals surface area contributed by atoms with Crippen LogP contribution in [0, 0.1) is 5.92 Å². The number of rotatable bonds is 5. The predicted octanol–water partition coefficient (Wildman–Crippen LogP) is 0.298. The molecule has 1 amide bonds. The molecule has 0 spiro atoms. The van der Waals surface area contributed by atoms with E-state index in [-0.39, 0.29) is 24.5 Å². The van der Waals surface area contributed by atoms with Crippen molar-refractivity contribution in [3.8, 4) is 0 Å². The van der Waals surface area contributed by atoms with Gasteiger partial charge < -0.3 is 15.7 Å². The molecule has 5 heteroatoms. The zero-order valence-corrected chi connectivity index (χ0v) is 10.7. The monoisotopic (exact) mass is 246 g/mol. The normalized spacial score (nSPS) is 23.2. The summed E-state index contributed by atoms with van der Waals surface area (Å²) in [5.41, 5.74) is 5.85. The molecule has 0 aromatic carbocycles. The summed E-state index contributed by atoms with van der Waals surface area (Å²) in [6, 6.07) is -0.370. The Kier molecular flexibility index (Phi) is 6.16. The van der Waals surface area contributed by atoms with Crippen LogP contribution in [0.5, 0.6) is 0 Å². The Hall–Kier alpha value is -0.260. The molecule has 2 atom stereocenters. The highest BCUT2D eigenvalue weighted by molar-refractivity contribution is 7.98. The molecule has 0 bridgehead atoms. The molecule has 0 aromatic heterocycles. The Morgan fingerprint density at radius 1 is 1.69 bits per heavy atom. The van der Waals surface area contributed by atoms with Gasteiger partial charge in [-0.3, -0.25) is 4.79 Å². The van der Waals surface area contributed by atoms with Gasteiger partial charge in [0.05, 0.1) is 6.04 Å². The molecule has 1 aliphatic heterocycles. The molecule has 0 radical (unpaired) electrons. The number of nitrogens with zero attached hydrogens (tertiary/aromatic N) is 1. The van der Waals surface area contributed by atoms with E-state index in [1.165, 1.54) is 0 Å². The third-order valence-electron chi connectivity index (χ3n) is 3.04. The predicted molar refractivity (Wildman–Crippen MR) is 67.4 cm³/mol. The maximum atomic E-state index is 12.0.